The maximum Gasteiger partial charge on any atom is 0.184 e. The minimum absolute atomic E-state index is 0.0522. The van der Waals surface area contributed by atoms with Crippen LogP contribution in [0.5, 0.6) is 0 Å². The summed E-state index contributed by atoms with van der Waals surface area (Å²) in [4.78, 5) is 14.2. The first-order valence-corrected chi connectivity index (χ1v) is 6.90. The minimum Gasteiger partial charge on any atom is -0.382 e. The Hall–Kier alpha value is -0.950. The summed E-state index contributed by atoms with van der Waals surface area (Å²) >= 11 is 6.04. The third kappa shape index (κ3) is 5.58. The van der Waals surface area contributed by atoms with E-state index in [-0.39, 0.29) is 12.2 Å². The van der Waals surface area contributed by atoms with Crippen molar-refractivity contribution in [1.29, 1.82) is 0 Å². The fourth-order valence-corrected chi connectivity index (χ4v) is 1.88. The zero-order valence-corrected chi connectivity index (χ0v) is 13.0. The Bertz CT molecular complexity index is 421. The van der Waals surface area contributed by atoms with Crippen molar-refractivity contribution >= 4 is 17.4 Å². The Morgan fingerprint density at radius 2 is 2.15 bits per heavy atom. The lowest BCUT2D eigenvalue weighted by molar-refractivity contribution is 0.0637. The summed E-state index contributed by atoms with van der Waals surface area (Å²) in [5.74, 6) is -0.0522. The highest BCUT2D eigenvalue weighted by molar-refractivity contribution is 6.33. The Labute approximate surface area is 124 Å². The van der Waals surface area contributed by atoms with E-state index in [1.165, 1.54) is 6.20 Å². The maximum absolute atomic E-state index is 12.2. The fourth-order valence-electron chi connectivity index (χ4n) is 1.63. The molecule has 0 atom stereocenters. The second-order valence-electron chi connectivity index (χ2n) is 4.65. The summed E-state index contributed by atoms with van der Waals surface area (Å²) in [5, 5.41) is 4.54. The van der Waals surface area contributed by atoms with E-state index in [2.05, 4.69) is 5.10 Å². The first-order chi connectivity index (χ1) is 9.56. The van der Waals surface area contributed by atoms with Crippen molar-refractivity contribution in [3.8, 4) is 0 Å². The lowest BCUT2D eigenvalue weighted by atomic mass is 10.2. The van der Waals surface area contributed by atoms with Crippen molar-refractivity contribution in [1.82, 2.24) is 14.7 Å². The first-order valence-electron chi connectivity index (χ1n) is 6.52. The van der Waals surface area contributed by atoms with Gasteiger partial charge in [-0.15, -0.1) is 0 Å². The van der Waals surface area contributed by atoms with Crippen LogP contribution in [0.15, 0.2) is 6.20 Å². The molecule has 0 saturated heterocycles. The van der Waals surface area contributed by atoms with Crippen LogP contribution in [-0.2, 0) is 16.0 Å². The van der Waals surface area contributed by atoms with E-state index >= 15 is 0 Å². The summed E-state index contributed by atoms with van der Waals surface area (Å²) in [6.07, 6.45) is 1.80. The van der Waals surface area contributed by atoms with Gasteiger partial charge in [0.05, 0.1) is 37.6 Å². The molecule has 7 heteroatoms. The molecule has 1 rings (SSSR count). The Morgan fingerprint density at radius 3 is 2.80 bits per heavy atom. The Balaban J connectivity index is 2.51. The van der Waals surface area contributed by atoms with Crippen LogP contribution in [0.25, 0.3) is 0 Å². The number of carbonyl (C=O) groups is 1. The standard InChI is InChI=1S/C13H22ClN3O3/c1-16(2)5-6-17-13(11(14)10-15-17)12(18)4-7-20-9-8-19-3/h10H,4-9H2,1-3H3. The van der Waals surface area contributed by atoms with Gasteiger partial charge in [-0.3, -0.25) is 9.48 Å². The number of carbonyl (C=O) groups excluding carboxylic acids is 1. The second kappa shape index (κ2) is 9.07. The van der Waals surface area contributed by atoms with Gasteiger partial charge in [0.15, 0.2) is 5.78 Å². The molecule has 20 heavy (non-hydrogen) atoms. The number of rotatable bonds is 10. The molecule has 0 spiro atoms. The van der Waals surface area contributed by atoms with Crippen molar-refractivity contribution in [2.45, 2.75) is 13.0 Å². The molecule has 1 aromatic heterocycles. The number of likely N-dealkylation sites (N-methyl/N-ethyl adjacent to an activating group) is 1. The molecule has 114 valence electrons. The highest BCUT2D eigenvalue weighted by Gasteiger charge is 2.17. The van der Waals surface area contributed by atoms with E-state index < -0.39 is 0 Å². The van der Waals surface area contributed by atoms with Crippen LogP contribution in [0, 0.1) is 0 Å². The number of ether oxygens (including phenoxy) is 2. The molecule has 0 fully saturated rings. The van der Waals surface area contributed by atoms with Gasteiger partial charge < -0.3 is 14.4 Å². The summed E-state index contributed by atoms with van der Waals surface area (Å²) in [7, 11) is 5.55. The lowest BCUT2D eigenvalue weighted by Gasteiger charge is -2.11. The summed E-state index contributed by atoms with van der Waals surface area (Å²) in [6.45, 7) is 2.79. The van der Waals surface area contributed by atoms with E-state index in [4.69, 9.17) is 21.1 Å². The topological polar surface area (TPSA) is 56.6 Å². The molecule has 0 unspecified atom stereocenters. The van der Waals surface area contributed by atoms with E-state index in [9.17, 15) is 4.79 Å². The molecule has 0 aromatic carbocycles. The molecule has 0 N–H and O–H groups in total. The number of ketones is 1. The number of methoxy groups -OCH3 is 1. The van der Waals surface area contributed by atoms with Crippen molar-refractivity contribution in [2.75, 3.05) is 47.6 Å². The molecule has 0 bridgehead atoms. The van der Waals surface area contributed by atoms with Gasteiger partial charge in [0.25, 0.3) is 0 Å². The number of hydrogen-bond donors (Lipinski definition) is 0. The van der Waals surface area contributed by atoms with Crippen molar-refractivity contribution in [3.63, 3.8) is 0 Å². The minimum atomic E-state index is -0.0522. The molecular weight excluding hydrogens is 282 g/mol. The van der Waals surface area contributed by atoms with Crippen LogP contribution >= 0.6 is 11.6 Å². The number of halogens is 1. The van der Waals surface area contributed by atoms with Gasteiger partial charge in [-0.05, 0) is 14.1 Å². The number of hydrogen-bond acceptors (Lipinski definition) is 5. The quantitative estimate of drug-likeness (QED) is 0.482. The van der Waals surface area contributed by atoms with Crippen LogP contribution < -0.4 is 0 Å². The zero-order valence-electron chi connectivity index (χ0n) is 12.3. The number of nitrogens with zero attached hydrogens (tertiary/aromatic N) is 3. The van der Waals surface area contributed by atoms with Crippen molar-refractivity contribution < 1.29 is 14.3 Å². The number of Topliss-reactive ketones (excluding diaryl/α,β-unsaturated/α-hetero) is 1. The normalized spacial score (nSPS) is 11.2. The molecule has 0 saturated carbocycles. The Morgan fingerprint density at radius 1 is 1.40 bits per heavy atom. The molecule has 6 nitrogen and oxygen atoms in total. The number of aromatic nitrogens is 2. The predicted molar refractivity (Wildman–Crippen MR) is 77.4 cm³/mol. The summed E-state index contributed by atoms with van der Waals surface area (Å²) in [6, 6.07) is 0. The van der Waals surface area contributed by atoms with Gasteiger partial charge in [-0.25, -0.2) is 0 Å². The van der Waals surface area contributed by atoms with E-state index in [1.54, 1.807) is 11.8 Å². The average molecular weight is 304 g/mol. The third-order valence-electron chi connectivity index (χ3n) is 2.72. The highest BCUT2D eigenvalue weighted by Crippen LogP contribution is 2.17. The highest BCUT2D eigenvalue weighted by atomic mass is 35.5. The zero-order chi connectivity index (χ0) is 15.0. The van der Waals surface area contributed by atoms with Crippen LogP contribution in [0.3, 0.4) is 0 Å². The fraction of sp³-hybridized carbons (Fsp3) is 0.692. The van der Waals surface area contributed by atoms with Crippen LogP contribution in [-0.4, -0.2) is 68.0 Å². The van der Waals surface area contributed by atoms with Crippen LogP contribution in [0.4, 0.5) is 0 Å². The smallest absolute Gasteiger partial charge is 0.184 e. The molecule has 0 aliphatic heterocycles. The van der Waals surface area contributed by atoms with Gasteiger partial charge in [-0.2, -0.15) is 5.10 Å². The van der Waals surface area contributed by atoms with Crippen molar-refractivity contribution in [2.24, 2.45) is 0 Å². The molecular formula is C13H22ClN3O3. The van der Waals surface area contributed by atoms with Crippen molar-refractivity contribution in [3.05, 3.63) is 16.9 Å². The van der Waals surface area contributed by atoms with Gasteiger partial charge in [0.1, 0.15) is 5.69 Å². The maximum atomic E-state index is 12.2. The summed E-state index contributed by atoms with van der Waals surface area (Å²) < 4.78 is 11.8. The average Bonchev–Trinajstić information content (AvgIpc) is 2.77. The van der Waals surface area contributed by atoms with Crippen LogP contribution in [0.1, 0.15) is 16.9 Å². The largest absolute Gasteiger partial charge is 0.382 e. The molecule has 0 aliphatic carbocycles. The SMILES string of the molecule is COCCOCCC(=O)c1c(Cl)cnn1CCN(C)C. The molecule has 0 aliphatic rings. The molecule has 1 heterocycles. The van der Waals surface area contributed by atoms with Gasteiger partial charge in [0, 0.05) is 20.1 Å². The second-order valence-corrected chi connectivity index (χ2v) is 5.05. The molecule has 1 aromatic rings. The van der Waals surface area contributed by atoms with Crippen LogP contribution in [0.2, 0.25) is 5.02 Å². The van der Waals surface area contributed by atoms with Gasteiger partial charge in [0.2, 0.25) is 0 Å². The predicted octanol–water partition coefficient (Wildman–Crippen LogP) is 1.33. The molecule has 0 amide bonds. The van der Waals surface area contributed by atoms with E-state index in [0.717, 1.165) is 6.54 Å². The Kier molecular flexibility index (Phi) is 7.76. The van der Waals surface area contributed by atoms with E-state index in [0.29, 0.717) is 37.1 Å². The monoisotopic (exact) mass is 303 g/mol. The molecule has 0 radical (unpaired) electrons. The first kappa shape index (κ1) is 17.1. The van der Waals surface area contributed by atoms with Gasteiger partial charge >= 0.3 is 0 Å². The summed E-state index contributed by atoms with van der Waals surface area (Å²) in [5.41, 5.74) is 0.462. The lowest BCUT2D eigenvalue weighted by Crippen LogP contribution is -2.22. The third-order valence-corrected chi connectivity index (χ3v) is 3.00. The van der Waals surface area contributed by atoms with Gasteiger partial charge in [-0.1, -0.05) is 11.6 Å². The van der Waals surface area contributed by atoms with E-state index in [1.807, 2.05) is 19.0 Å².